The predicted molar refractivity (Wildman–Crippen MR) is 83.7 cm³/mol. The molecular formula is C17H21N3O2. The molecule has 0 unspecified atom stereocenters. The fourth-order valence-corrected chi connectivity index (χ4v) is 2.96. The molecule has 0 atom stereocenters. The van der Waals surface area contributed by atoms with Crippen molar-refractivity contribution in [3.63, 3.8) is 0 Å². The maximum absolute atomic E-state index is 11.7. The summed E-state index contributed by atoms with van der Waals surface area (Å²) in [7, 11) is 0. The van der Waals surface area contributed by atoms with Crippen LogP contribution in [0.15, 0.2) is 47.1 Å². The number of amides is 1. The number of hydrogen-bond acceptors (Lipinski definition) is 4. The van der Waals surface area contributed by atoms with Gasteiger partial charge in [-0.1, -0.05) is 35.5 Å². The number of likely N-dealkylation sites (tertiary alicyclic amines) is 1. The van der Waals surface area contributed by atoms with E-state index in [1.54, 1.807) is 6.07 Å². The van der Waals surface area contributed by atoms with E-state index in [2.05, 4.69) is 45.7 Å². The molecule has 1 N–H and O–H groups in total. The van der Waals surface area contributed by atoms with Gasteiger partial charge in [0, 0.05) is 19.2 Å². The van der Waals surface area contributed by atoms with Crippen molar-refractivity contribution < 1.29 is 9.32 Å². The van der Waals surface area contributed by atoms with E-state index in [0.717, 1.165) is 19.6 Å². The minimum Gasteiger partial charge on any atom is -0.351 e. The minimum absolute atomic E-state index is 0.198. The van der Waals surface area contributed by atoms with Crippen molar-refractivity contribution in [2.45, 2.75) is 18.8 Å². The molecule has 0 radical (unpaired) electrons. The number of piperidine rings is 1. The third-order valence-electron chi connectivity index (χ3n) is 4.23. The van der Waals surface area contributed by atoms with Gasteiger partial charge >= 0.3 is 0 Å². The average molecular weight is 299 g/mol. The van der Waals surface area contributed by atoms with Crippen LogP contribution in [0.4, 0.5) is 0 Å². The van der Waals surface area contributed by atoms with Gasteiger partial charge in [-0.05, 0) is 37.4 Å². The van der Waals surface area contributed by atoms with Crippen LogP contribution in [0.3, 0.4) is 0 Å². The zero-order chi connectivity index (χ0) is 15.2. The Bertz CT molecular complexity index is 575. The van der Waals surface area contributed by atoms with Crippen molar-refractivity contribution in [1.29, 1.82) is 0 Å². The zero-order valence-corrected chi connectivity index (χ0v) is 12.6. The van der Waals surface area contributed by atoms with E-state index in [0.29, 0.717) is 12.5 Å². The molecule has 1 saturated heterocycles. The number of nitrogens with one attached hydrogen (secondary N) is 1. The summed E-state index contributed by atoms with van der Waals surface area (Å²) in [6.07, 6.45) is 3.84. The normalized spacial score (nSPS) is 16.5. The second kappa shape index (κ2) is 7.22. The van der Waals surface area contributed by atoms with E-state index in [1.165, 1.54) is 24.6 Å². The maximum atomic E-state index is 11.7. The highest BCUT2D eigenvalue weighted by molar-refractivity contribution is 5.91. The minimum atomic E-state index is -0.198. The molecule has 3 rings (SSSR count). The van der Waals surface area contributed by atoms with Crippen LogP contribution in [0, 0.1) is 0 Å². The zero-order valence-electron chi connectivity index (χ0n) is 12.6. The molecule has 1 aromatic carbocycles. The van der Waals surface area contributed by atoms with Gasteiger partial charge in [0.1, 0.15) is 0 Å². The summed E-state index contributed by atoms with van der Waals surface area (Å²) in [5, 5.41) is 6.39. The quantitative estimate of drug-likeness (QED) is 0.920. The molecule has 2 heterocycles. The molecule has 1 aliphatic heterocycles. The summed E-state index contributed by atoms with van der Waals surface area (Å²) in [4.78, 5) is 14.1. The second-order valence-electron chi connectivity index (χ2n) is 5.66. The summed E-state index contributed by atoms with van der Waals surface area (Å²) in [6, 6.07) is 12.3. The first-order valence-corrected chi connectivity index (χ1v) is 7.79. The van der Waals surface area contributed by atoms with Gasteiger partial charge in [0.2, 0.25) is 5.76 Å². The van der Waals surface area contributed by atoms with Crippen LogP contribution in [0.2, 0.25) is 0 Å². The van der Waals surface area contributed by atoms with E-state index in [1.807, 2.05) is 0 Å². The summed E-state index contributed by atoms with van der Waals surface area (Å²) in [5.74, 6) is 0.737. The summed E-state index contributed by atoms with van der Waals surface area (Å²) in [5.41, 5.74) is 1.45. The van der Waals surface area contributed by atoms with Crippen molar-refractivity contribution in [1.82, 2.24) is 15.4 Å². The monoisotopic (exact) mass is 299 g/mol. The molecule has 1 aromatic heterocycles. The molecule has 5 heteroatoms. The van der Waals surface area contributed by atoms with E-state index < -0.39 is 0 Å². The van der Waals surface area contributed by atoms with Gasteiger partial charge in [0.05, 0.1) is 6.20 Å². The number of carbonyl (C=O) groups is 1. The van der Waals surface area contributed by atoms with Crippen LogP contribution in [0.25, 0.3) is 0 Å². The Morgan fingerprint density at radius 3 is 2.68 bits per heavy atom. The Labute approximate surface area is 130 Å². The molecule has 1 fully saturated rings. The van der Waals surface area contributed by atoms with Gasteiger partial charge in [-0.2, -0.15) is 0 Å². The molecular weight excluding hydrogens is 278 g/mol. The van der Waals surface area contributed by atoms with Crippen molar-refractivity contribution >= 4 is 5.91 Å². The van der Waals surface area contributed by atoms with Crippen LogP contribution in [-0.2, 0) is 0 Å². The number of aromatic nitrogens is 1. The lowest BCUT2D eigenvalue weighted by atomic mass is 9.89. The Morgan fingerprint density at radius 1 is 1.23 bits per heavy atom. The van der Waals surface area contributed by atoms with Crippen molar-refractivity contribution in [2.75, 3.05) is 26.2 Å². The second-order valence-corrected chi connectivity index (χ2v) is 5.66. The number of nitrogens with zero attached hydrogens (tertiary/aromatic N) is 2. The van der Waals surface area contributed by atoms with Gasteiger partial charge in [-0.15, -0.1) is 0 Å². The van der Waals surface area contributed by atoms with E-state index in [-0.39, 0.29) is 11.7 Å². The Morgan fingerprint density at radius 2 is 2.00 bits per heavy atom. The first kappa shape index (κ1) is 14.8. The lowest BCUT2D eigenvalue weighted by Gasteiger charge is -2.32. The summed E-state index contributed by atoms with van der Waals surface area (Å²) >= 11 is 0. The fraction of sp³-hybridized carbons (Fsp3) is 0.412. The summed E-state index contributed by atoms with van der Waals surface area (Å²) in [6.45, 7) is 3.67. The Balaban J connectivity index is 1.38. The maximum Gasteiger partial charge on any atom is 0.289 e. The SMILES string of the molecule is O=C(NCCN1CCC(c2ccccc2)CC1)c1ccno1. The first-order valence-electron chi connectivity index (χ1n) is 7.79. The van der Waals surface area contributed by atoms with Crippen molar-refractivity contribution in [3.8, 4) is 0 Å². The van der Waals surface area contributed by atoms with Crippen LogP contribution in [0.5, 0.6) is 0 Å². The largest absolute Gasteiger partial charge is 0.351 e. The topological polar surface area (TPSA) is 58.4 Å². The molecule has 0 bridgehead atoms. The van der Waals surface area contributed by atoms with Crippen molar-refractivity contribution in [2.24, 2.45) is 0 Å². The van der Waals surface area contributed by atoms with Gasteiger partial charge in [-0.25, -0.2) is 0 Å². The molecule has 116 valence electrons. The molecule has 1 amide bonds. The predicted octanol–water partition coefficient (Wildman–Crippen LogP) is 2.28. The van der Waals surface area contributed by atoms with Gasteiger partial charge in [0.15, 0.2) is 0 Å². The molecule has 5 nitrogen and oxygen atoms in total. The number of hydrogen-bond donors (Lipinski definition) is 1. The van der Waals surface area contributed by atoms with Gasteiger partial charge in [-0.3, -0.25) is 4.79 Å². The van der Waals surface area contributed by atoms with Crippen LogP contribution in [0.1, 0.15) is 34.9 Å². The van der Waals surface area contributed by atoms with Crippen molar-refractivity contribution in [3.05, 3.63) is 53.9 Å². The number of rotatable bonds is 5. The number of carbonyl (C=O) groups excluding carboxylic acids is 1. The fourth-order valence-electron chi connectivity index (χ4n) is 2.96. The molecule has 0 saturated carbocycles. The van der Waals surface area contributed by atoms with E-state index >= 15 is 0 Å². The summed E-state index contributed by atoms with van der Waals surface area (Å²) < 4.78 is 4.83. The van der Waals surface area contributed by atoms with E-state index in [9.17, 15) is 4.79 Å². The average Bonchev–Trinajstić information content (AvgIpc) is 3.11. The smallest absolute Gasteiger partial charge is 0.289 e. The lowest BCUT2D eigenvalue weighted by Crippen LogP contribution is -2.39. The molecule has 0 aliphatic carbocycles. The first-order chi connectivity index (χ1) is 10.8. The van der Waals surface area contributed by atoms with Gasteiger partial charge < -0.3 is 14.7 Å². The highest BCUT2D eigenvalue weighted by atomic mass is 16.5. The van der Waals surface area contributed by atoms with E-state index in [4.69, 9.17) is 4.52 Å². The third-order valence-corrected chi connectivity index (χ3v) is 4.23. The third kappa shape index (κ3) is 3.74. The Kier molecular flexibility index (Phi) is 4.85. The molecule has 1 aliphatic rings. The molecule has 0 spiro atoms. The highest BCUT2D eigenvalue weighted by Gasteiger charge is 2.20. The Hall–Kier alpha value is -2.14. The molecule has 22 heavy (non-hydrogen) atoms. The van der Waals surface area contributed by atoms with Gasteiger partial charge in [0.25, 0.3) is 5.91 Å². The lowest BCUT2D eigenvalue weighted by molar-refractivity contribution is 0.0909. The van der Waals surface area contributed by atoms with Crippen LogP contribution < -0.4 is 5.32 Å². The number of benzene rings is 1. The molecule has 2 aromatic rings. The highest BCUT2D eigenvalue weighted by Crippen LogP contribution is 2.27. The standard InChI is InChI=1S/C17H21N3O2/c21-17(16-6-9-19-22-16)18-10-13-20-11-7-15(8-12-20)14-4-2-1-3-5-14/h1-6,9,15H,7-8,10-13H2,(H,18,21). The van der Waals surface area contributed by atoms with Crippen LogP contribution in [-0.4, -0.2) is 42.1 Å². The van der Waals surface area contributed by atoms with Crippen LogP contribution >= 0.6 is 0 Å².